The Hall–Kier alpha value is -0.130. The zero-order valence-electron chi connectivity index (χ0n) is 6.32. The van der Waals surface area contributed by atoms with Gasteiger partial charge in [0.1, 0.15) is 0 Å². The molecule has 0 N–H and O–H groups in total. The van der Waals surface area contributed by atoms with Crippen LogP contribution in [-0.2, 0) is 36.7 Å². The van der Waals surface area contributed by atoms with Crippen molar-refractivity contribution in [2.75, 3.05) is 7.11 Å². The van der Waals surface area contributed by atoms with E-state index in [4.69, 9.17) is 0 Å². The summed E-state index contributed by atoms with van der Waals surface area (Å²) in [5, 5.41) is 0. The fraction of sp³-hybridized carbons (Fsp3) is 0.143. The van der Waals surface area contributed by atoms with Gasteiger partial charge in [0.15, 0.2) is 0 Å². The summed E-state index contributed by atoms with van der Waals surface area (Å²) in [4.78, 5) is 0.183. The molecule has 0 saturated heterocycles. The number of benzene rings is 1. The fourth-order valence-corrected chi connectivity index (χ4v) is 1.37. The minimum atomic E-state index is -3.50. The molecule has 5 heteroatoms. The van der Waals surface area contributed by atoms with Crippen molar-refractivity contribution in [2.45, 2.75) is 4.90 Å². The van der Waals surface area contributed by atoms with Crippen molar-refractivity contribution in [3.8, 4) is 0 Å². The predicted octanol–water partition coefficient (Wildman–Crippen LogP) is 1.02. The first-order valence-electron chi connectivity index (χ1n) is 3.02. The second-order valence-corrected chi connectivity index (χ2v) is 3.65. The molecule has 0 aliphatic carbocycles. The van der Waals surface area contributed by atoms with Crippen LogP contribution in [0.15, 0.2) is 35.2 Å². The Balaban J connectivity index is 0.00000121. The molecule has 1 rings (SSSR count). The summed E-state index contributed by atoms with van der Waals surface area (Å²) in [5.74, 6) is 0. The minimum absolute atomic E-state index is 0. The Morgan fingerprint density at radius 3 is 2.08 bits per heavy atom. The Morgan fingerprint density at radius 1 is 1.17 bits per heavy atom. The maximum absolute atomic E-state index is 11.0. The molecule has 3 nitrogen and oxygen atoms in total. The molecule has 0 fully saturated rings. The van der Waals surface area contributed by atoms with Gasteiger partial charge in [-0.1, -0.05) is 18.2 Å². The van der Waals surface area contributed by atoms with E-state index < -0.39 is 10.1 Å². The molecule has 0 unspecified atom stereocenters. The molecule has 70 valence electrons. The van der Waals surface area contributed by atoms with Gasteiger partial charge in [-0.2, -0.15) is 8.42 Å². The Labute approximate surface area is 87.4 Å². The van der Waals surface area contributed by atoms with Gasteiger partial charge >= 0.3 is 22.4 Å². The summed E-state index contributed by atoms with van der Waals surface area (Å²) in [6, 6.07) is 8.00. The molecule has 0 spiro atoms. The van der Waals surface area contributed by atoms with E-state index in [-0.39, 0.29) is 27.3 Å². The van der Waals surface area contributed by atoms with Crippen molar-refractivity contribution < 1.29 is 35.0 Å². The zero-order chi connectivity index (χ0) is 8.32. The maximum Gasteiger partial charge on any atom is 1.00 e. The molecule has 0 aliphatic heterocycles. The molecular weight excluding hydrogens is 272 g/mol. The SMILES string of the molecule is COS(=O)(=O)c1ccccc1.[Ag+]. The maximum atomic E-state index is 11.0. The number of hydrogen-bond donors (Lipinski definition) is 0. The summed E-state index contributed by atoms with van der Waals surface area (Å²) in [6.07, 6.45) is 0. The normalized spacial score (nSPS) is 10.4. The average molecular weight is 280 g/mol. The van der Waals surface area contributed by atoms with Crippen molar-refractivity contribution >= 4 is 10.1 Å². The van der Waals surface area contributed by atoms with Crippen LogP contribution in [0.1, 0.15) is 0 Å². The second kappa shape index (κ2) is 4.79. The van der Waals surface area contributed by atoms with E-state index in [1.807, 2.05) is 0 Å². The fourth-order valence-electron chi connectivity index (χ4n) is 0.683. The van der Waals surface area contributed by atoms with E-state index in [9.17, 15) is 8.42 Å². The molecule has 0 aliphatic rings. The van der Waals surface area contributed by atoms with Crippen LogP contribution in [0, 0.1) is 0 Å². The van der Waals surface area contributed by atoms with Gasteiger partial charge in [0, 0.05) is 0 Å². The van der Waals surface area contributed by atoms with Crippen LogP contribution in [0.5, 0.6) is 0 Å². The molecule has 0 heterocycles. The Kier molecular flexibility index (Phi) is 4.74. The van der Waals surface area contributed by atoms with Gasteiger partial charge in [-0.15, -0.1) is 0 Å². The third-order valence-corrected chi connectivity index (χ3v) is 2.54. The van der Waals surface area contributed by atoms with Gasteiger partial charge in [0.2, 0.25) is 0 Å². The van der Waals surface area contributed by atoms with Gasteiger partial charge in [-0.25, -0.2) is 0 Å². The van der Waals surface area contributed by atoms with Crippen LogP contribution in [-0.4, -0.2) is 15.5 Å². The molecule has 1 aromatic carbocycles. The van der Waals surface area contributed by atoms with E-state index in [1.54, 1.807) is 18.2 Å². The van der Waals surface area contributed by atoms with Crippen LogP contribution >= 0.6 is 0 Å². The van der Waals surface area contributed by atoms with Gasteiger partial charge in [-0.05, 0) is 12.1 Å². The van der Waals surface area contributed by atoms with Crippen LogP contribution in [0.3, 0.4) is 0 Å². The third-order valence-electron chi connectivity index (χ3n) is 1.25. The molecule has 0 atom stereocenters. The first-order valence-corrected chi connectivity index (χ1v) is 4.43. The molecule has 12 heavy (non-hydrogen) atoms. The molecule has 1 aromatic rings. The second-order valence-electron chi connectivity index (χ2n) is 1.93. The molecule has 0 aromatic heterocycles. The van der Waals surface area contributed by atoms with Gasteiger partial charge in [0.05, 0.1) is 12.0 Å². The topological polar surface area (TPSA) is 43.4 Å². The van der Waals surface area contributed by atoms with Gasteiger partial charge in [0.25, 0.3) is 10.1 Å². The molecule has 0 amide bonds. The quantitative estimate of drug-likeness (QED) is 0.600. The van der Waals surface area contributed by atoms with Gasteiger partial charge in [-0.3, -0.25) is 4.18 Å². The largest absolute Gasteiger partial charge is 1.00 e. The number of rotatable bonds is 2. The Bertz CT molecular complexity index is 320. The van der Waals surface area contributed by atoms with Crippen LogP contribution in [0.2, 0.25) is 0 Å². The Morgan fingerprint density at radius 2 is 1.67 bits per heavy atom. The van der Waals surface area contributed by atoms with Crippen molar-refractivity contribution in [3.05, 3.63) is 30.3 Å². The van der Waals surface area contributed by atoms with E-state index in [1.165, 1.54) is 12.1 Å². The van der Waals surface area contributed by atoms with Crippen LogP contribution in [0.25, 0.3) is 0 Å². The summed E-state index contributed by atoms with van der Waals surface area (Å²) in [5.41, 5.74) is 0. The summed E-state index contributed by atoms with van der Waals surface area (Å²) in [7, 11) is -2.36. The first kappa shape index (κ1) is 11.9. The van der Waals surface area contributed by atoms with Crippen LogP contribution < -0.4 is 0 Å². The number of hydrogen-bond acceptors (Lipinski definition) is 3. The average Bonchev–Trinajstić information content (AvgIpc) is 2.06. The van der Waals surface area contributed by atoms with E-state index in [2.05, 4.69) is 4.18 Å². The van der Waals surface area contributed by atoms with E-state index >= 15 is 0 Å². The monoisotopic (exact) mass is 279 g/mol. The van der Waals surface area contributed by atoms with Crippen molar-refractivity contribution in [2.24, 2.45) is 0 Å². The predicted molar refractivity (Wildman–Crippen MR) is 40.6 cm³/mol. The smallest absolute Gasteiger partial charge is 0.270 e. The summed E-state index contributed by atoms with van der Waals surface area (Å²) in [6.45, 7) is 0. The molecule has 0 bridgehead atoms. The van der Waals surface area contributed by atoms with Gasteiger partial charge < -0.3 is 0 Å². The molecular formula is C7H8AgO3S+. The first-order chi connectivity index (χ1) is 5.17. The standard InChI is InChI=1S/C7H8O3S.Ag/c1-10-11(8,9)7-5-3-2-4-6-7;/h2-6H,1H3;/q;+1. The van der Waals surface area contributed by atoms with Crippen LogP contribution in [0.4, 0.5) is 0 Å². The zero-order valence-corrected chi connectivity index (χ0v) is 8.62. The summed E-state index contributed by atoms with van der Waals surface area (Å²) < 4.78 is 26.3. The molecule has 0 saturated carbocycles. The van der Waals surface area contributed by atoms with E-state index in [0.29, 0.717) is 0 Å². The van der Waals surface area contributed by atoms with E-state index in [0.717, 1.165) is 7.11 Å². The molecule has 0 radical (unpaired) electrons. The van der Waals surface area contributed by atoms with Crippen molar-refractivity contribution in [1.29, 1.82) is 0 Å². The minimum Gasteiger partial charge on any atom is -0.270 e. The third kappa shape index (κ3) is 2.73. The van der Waals surface area contributed by atoms with Crippen molar-refractivity contribution in [3.63, 3.8) is 0 Å². The van der Waals surface area contributed by atoms with Crippen molar-refractivity contribution in [1.82, 2.24) is 0 Å². The summed E-state index contributed by atoms with van der Waals surface area (Å²) >= 11 is 0.